The number of hydrogen-bond donors (Lipinski definition) is 0. The van der Waals surface area contributed by atoms with Crippen LogP contribution in [0, 0.1) is 17.8 Å². The van der Waals surface area contributed by atoms with Crippen LogP contribution in [0.5, 0.6) is 0 Å². The summed E-state index contributed by atoms with van der Waals surface area (Å²) in [5, 5.41) is 0. The normalized spacial score (nSPS) is 10.3. The first-order chi connectivity index (χ1) is 32.9. The molecule has 0 spiro atoms. The Hall–Kier alpha value is -2.26. The topological polar surface area (TPSA) is 0 Å². The molecule has 0 rings (SSSR count). The van der Waals surface area contributed by atoms with Gasteiger partial charge in [-0.05, 0) is 109 Å². The Morgan fingerprint density at radius 2 is 0.696 bits per heavy atom. The Labute approximate surface area is 445 Å². The van der Waals surface area contributed by atoms with Crippen molar-refractivity contribution in [3.63, 3.8) is 0 Å². The molecular weight excluding hydrogens is 829 g/mol. The maximum absolute atomic E-state index is 4.21. The molecule has 0 saturated heterocycles. The number of allylic oxidation sites excluding steroid dienone is 11. The minimum Gasteiger partial charge on any atom is -0.107 e. The van der Waals surface area contributed by atoms with Crippen molar-refractivity contribution in [1.29, 1.82) is 0 Å². The van der Waals surface area contributed by atoms with E-state index in [2.05, 4.69) is 148 Å². The molecule has 0 amide bonds. The van der Waals surface area contributed by atoms with E-state index in [9.17, 15) is 0 Å². The van der Waals surface area contributed by atoms with Crippen molar-refractivity contribution in [3.05, 3.63) is 86.1 Å². The summed E-state index contributed by atoms with van der Waals surface area (Å²) >= 11 is 0. The molecule has 0 heteroatoms. The molecule has 416 valence electrons. The molecule has 0 saturated carbocycles. The minimum absolute atomic E-state index is 0. The second-order valence-electron chi connectivity index (χ2n) is 16.9. The zero-order valence-corrected chi connectivity index (χ0v) is 49.7. The van der Waals surface area contributed by atoms with Crippen LogP contribution in [-0.2, 0) is 0 Å². The van der Waals surface area contributed by atoms with Crippen molar-refractivity contribution < 1.29 is 0 Å². The average molecular weight is 970 g/mol. The molecule has 0 aliphatic carbocycles. The van der Waals surface area contributed by atoms with Crippen LogP contribution in [0.2, 0.25) is 0 Å². The summed E-state index contributed by atoms with van der Waals surface area (Å²) in [6.45, 7) is 42.0. The van der Waals surface area contributed by atoms with Crippen LogP contribution in [0.1, 0.15) is 343 Å². The highest BCUT2D eigenvalue weighted by Gasteiger charge is 2.01. The van der Waals surface area contributed by atoms with Gasteiger partial charge in [-0.1, -0.05) is 307 Å². The minimum atomic E-state index is 0. The first kappa shape index (κ1) is 89.6. The van der Waals surface area contributed by atoms with Gasteiger partial charge in [-0.2, -0.15) is 0 Å². The van der Waals surface area contributed by atoms with Crippen LogP contribution in [0.15, 0.2) is 86.1 Å². The van der Waals surface area contributed by atoms with Gasteiger partial charge in [-0.25, -0.2) is 0 Å². The summed E-state index contributed by atoms with van der Waals surface area (Å²) in [6.07, 6.45) is 69.3. The van der Waals surface area contributed by atoms with E-state index in [0.29, 0.717) is 0 Å². The monoisotopic (exact) mass is 969 g/mol. The second-order valence-corrected chi connectivity index (χ2v) is 16.9. The van der Waals surface area contributed by atoms with Gasteiger partial charge in [-0.15, -0.1) is 25.0 Å². The maximum Gasteiger partial charge on any atom is 0.00859 e. The highest BCUT2D eigenvalue weighted by Crippen LogP contribution is 2.18. The van der Waals surface area contributed by atoms with Crippen LogP contribution in [-0.4, -0.2) is 0 Å². The third kappa shape index (κ3) is 122. The van der Waals surface area contributed by atoms with Crippen molar-refractivity contribution >= 4 is 0 Å². The standard InChI is InChI=1S/C23H42.C22H42.C8H16.C6H10.3C2H6.C2H4.2CH4/c1-4-6-8-9-10-11-12-13-14-15-16-17-18-20-22-23(3)21-19-7-5-2;1-4-6-8-9-10-11-12-13-14-15-16-17-19-21-22(3)20-18-7-5-2;1-3-5-7-8-6-4-2;1-3-5-6-4-2;4*1-2;;/h9-10,12-13H,3-8,11,14-22H2,1-2H3;6,8,10-11,22H,4-5,7,9,12-21H2,1-3H3;5,7H,3-4,6,8H2,1-2H3;3,5H2,1-2H3;3*1-2H3;1-2H2;2*1H4/b10-9-,13-12-;8-6-,11-10-;7-5-;;;;;;;. The molecule has 0 aliphatic rings. The van der Waals surface area contributed by atoms with Gasteiger partial charge < -0.3 is 0 Å². The molecule has 0 radical (unpaired) electrons. The van der Waals surface area contributed by atoms with E-state index in [1.807, 2.05) is 48.5 Å². The molecule has 1 atom stereocenters. The molecule has 0 N–H and O–H groups in total. The highest BCUT2D eigenvalue weighted by atomic mass is 14.1. The lowest BCUT2D eigenvalue weighted by atomic mass is 9.96. The average Bonchev–Trinajstić information content (AvgIpc) is 3.37. The summed E-state index contributed by atoms with van der Waals surface area (Å²) in [6, 6.07) is 0. The van der Waals surface area contributed by atoms with Crippen molar-refractivity contribution in [1.82, 2.24) is 0 Å². The Kier molecular flexibility index (Phi) is 139. The first-order valence-corrected chi connectivity index (χ1v) is 29.8. The van der Waals surface area contributed by atoms with Crippen LogP contribution in [0.3, 0.4) is 0 Å². The van der Waals surface area contributed by atoms with Gasteiger partial charge in [0.15, 0.2) is 0 Å². The smallest absolute Gasteiger partial charge is 0.00859 e. The largest absolute Gasteiger partial charge is 0.107 e. The van der Waals surface area contributed by atoms with Crippen LogP contribution in [0.25, 0.3) is 0 Å². The van der Waals surface area contributed by atoms with Crippen LogP contribution in [0.4, 0.5) is 0 Å². The van der Waals surface area contributed by atoms with Gasteiger partial charge in [0.2, 0.25) is 0 Å². The fourth-order valence-corrected chi connectivity index (χ4v) is 6.51. The zero-order valence-electron chi connectivity index (χ0n) is 49.7. The van der Waals surface area contributed by atoms with Gasteiger partial charge >= 0.3 is 0 Å². The number of rotatable bonds is 38. The van der Waals surface area contributed by atoms with E-state index >= 15 is 0 Å². The molecule has 0 aromatic carbocycles. The number of unbranched alkanes of at least 4 members (excludes halogenated alkanes) is 20. The molecule has 0 aliphatic heterocycles. The summed E-state index contributed by atoms with van der Waals surface area (Å²) in [5.74, 6) is 6.72. The molecule has 0 heterocycles. The highest BCUT2D eigenvalue weighted by molar-refractivity contribution is 4.95. The second kappa shape index (κ2) is 107. The Bertz CT molecular complexity index is 958. The Balaban J connectivity index is -0.0000000869. The van der Waals surface area contributed by atoms with Gasteiger partial charge in [0.1, 0.15) is 0 Å². The third-order valence-corrected chi connectivity index (χ3v) is 10.5. The summed E-state index contributed by atoms with van der Waals surface area (Å²) in [4.78, 5) is 0. The van der Waals surface area contributed by atoms with Crippen molar-refractivity contribution in [3.8, 4) is 11.8 Å². The third-order valence-electron chi connectivity index (χ3n) is 10.5. The lowest BCUT2D eigenvalue weighted by Gasteiger charge is -2.10. The Morgan fingerprint density at radius 1 is 0.391 bits per heavy atom. The zero-order chi connectivity index (χ0) is 52.4. The predicted molar refractivity (Wildman–Crippen MR) is 338 cm³/mol. The maximum atomic E-state index is 4.21. The fourth-order valence-electron chi connectivity index (χ4n) is 6.51. The molecule has 0 nitrogen and oxygen atoms in total. The van der Waals surface area contributed by atoms with E-state index < -0.39 is 0 Å². The van der Waals surface area contributed by atoms with E-state index in [4.69, 9.17) is 0 Å². The van der Waals surface area contributed by atoms with Crippen molar-refractivity contribution in [2.45, 2.75) is 343 Å². The van der Waals surface area contributed by atoms with E-state index in [0.717, 1.165) is 31.6 Å². The summed E-state index contributed by atoms with van der Waals surface area (Å²) < 4.78 is 0. The Morgan fingerprint density at radius 3 is 1.07 bits per heavy atom. The quantitative estimate of drug-likeness (QED) is 0.0329. The molecule has 69 heavy (non-hydrogen) atoms. The van der Waals surface area contributed by atoms with Crippen molar-refractivity contribution in [2.24, 2.45) is 5.92 Å². The molecule has 0 bridgehead atoms. The molecule has 1 unspecified atom stereocenters. The van der Waals surface area contributed by atoms with E-state index in [1.165, 1.54) is 205 Å². The summed E-state index contributed by atoms with van der Waals surface area (Å²) in [7, 11) is 0. The van der Waals surface area contributed by atoms with Crippen LogP contribution >= 0.6 is 0 Å². The fraction of sp³-hybridized carbons (Fsp3) is 0.768. The van der Waals surface area contributed by atoms with Crippen LogP contribution < -0.4 is 0 Å². The lowest BCUT2D eigenvalue weighted by molar-refractivity contribution is 0.436. The SMILES string of the molecule is C.C.C=C.C=C(CCCCC)CCCCCCC/C=C\C/C=C\CCCC.CC.CC.CC.CC#CCCC.CC/C=C\C/C=C\CCCCCCCCC(C)CCCCC.CC/C=C\CCCC. The lowest BCUT2D eigenvalue weighted by Crippen LogP contribution is -1.94. The van der Waals surface area contributed by atoms with E-state index in [1.54, 1.807) is 0 Å². The molecule has 0 aromatic heterocycles. The predicted octanol–water partition coefficient (Wildman–Crippen LogP) is 26.9. The van der Waals surface area contributed by atoms with Crippen molar-refractivity contribution in [2.75, 3.05) is 0 Å². The van der Waals surface area contributed by atoms with Gasteiger partial charge in [0, 0.05) is 6.42 Å². The van der Waals surface area contributed by atoms with E-state index in [-0.39, 0.29) is 14.9 Å². The van der Waals surface area contributed by atoms with Gasteiger partial charge in [-0.3, -0.25) is 0 Å². The summed E-state index contributed by atoms with van der Waals surface area (Å²) in [5.41, 5.74) is 1.48. The molecular formula is C69H140. The van der Waals surface area contributed by atoms with Gasteiger partial charge in [0.05, 0.1) is 0 Å². The number of hydrogen-bond acceptors (Lipinski definition) is 0. The van der Waals surface area contributed by atoms with Gasteiger partial charge in [0.25, 0.3) is 0 Å². The first-order valence-electron chi connectivity index (χ1n) is 29.8. The molecule has 0 aromatic rings. The molecule has 0 fully saturated rings.